The fourth-order valence-electron chi connectivity index (χ4n) is 2.44. The molecule has 0 radical (unpaired) electrons. The molecule has 0 saturated heterocycles. The van der Waals surface area contributed by atoms with E-state index in [2.05, 4.69) is 0 Å². The summed E-state index contributed by atoms with van der Waals surface area (Å²) in [6, 6.07) is 4.15. The van der Waals surface area contributed by atoms with Gasteiger partial charge in [-0.2, -0.15) is 0 Å². The molecule has 1 aliphatic rings. The van der Waals surface area contributed by atoms with Crippen molar-refractivity contribution >= 4 is 0 Å². The van der Waals surface area contributed by atoms with Crippen molar-refractivity contribution in [3.05, 3.63) is 35.4 Å². The highest BCUT2D eigenvalue weighted by atomic mass is 19.2. The van der Waals surface area contributed by atoms with Crippen LogP contribution in [-0.4, -0.2) is 18.3 Å². The Morgan fingerprint density at radius 2 is 2.06 bits per heavy atom. The molecule has 0 spiro atoms. The smallest absolute Gasteiger partial charge is 0.162 e. The van der Waals surface area contributed by atoms with Crippen molar-refractivity contribution in [3.8, 4) is 0 Å². The molecule has 0 heterocycles. The maximum absolute atomic E-state index is 13.7. The number of hydrogen-bond acceptors (Lipinski definition) is 2. The van der Waals surface area contributed by atoms with Crippen LogP contribution < -0.4 is 5.73 Å². The third-order valence-electron chi connectivity index (χ3n) is 3.78. The molecule has 100 valence electrons. The van der Waals surface area contributed by atoms with Gasteiger partial charge in [0.15, 0.2) is 11.6 Å². The van der Waals surface area contributed by atoms with Crippen molar-refractivity contribution in [2.24, 2.45) is 17.1 Å². The number of benzene rings is 1. The van der Waals surface area contributed by atoms with Crippen LogP contribution in [0.4, 0.5) is 8.78 Å². The predicted octanol–water partition coefficient (Wildman–Crippen LogP) is 2.24. The average molecular weight is 255 g/mol. The molecular formula is C14H19F2NO. The highest BCUT2D eigenvalue weighted by Gasteiger charge is 2.36. The molecule has 4 heteroatoms. The zero-order valence-electron chi connectivity index (χ0n) is 10.3. The lowest BCUT2D eigenvalue weighted by atomic mass is 9.77. The molecule has 3 N–H and O–H groups in total. The summed E-state index contributed by atoms with van der Waals surface area (Å²) in [5, 5.41) is 9.58. The average Bonchev–Trinajstić information content (AvgIpc) is 3.18. The maximum Gasteiger partial charge on any atom is 0.162 e. The Labute approximate surface area is 106 Å². The first-order chi connectivity index (χ1) is 8.60. The molecule has 1 unspecified atom stereocenters. The number of halogens is 2. The molecule has 1 aromatic rings. The van der Waals surface area contributed by atoms with Gasteiger partial charge in [0.25, 0.3) is 0 Å². The molecular weight excluding hydrogens is 236 g/mol. The molecule has 0 aromatic heterocycles. The first-order valence-electron chi connectivity index (χ1n) is 6.34. The highest BCUT2D eigenvalue weighted by Crippen LogP contribution is 2.41. The third-order valence-corrected chi connectivity index (χ3v) is 3.78. The first kappa shape index (κ1) is 13.4. The van der Waals surface area contributed by atoms with Gasteiger partial charge in [0.05, 0.1) is 6.61 Å². The minimum atomic E-state index is -0.845. The lowest BCUT2D eigenvalue weighted by Gasteiger charge is -2.31. The molecule has 1 fully saturated rings. The van der Waals surface area contributed by atoms with Crippen molar-refractivity contribution < 1.29 is 13.9 Å². The van der Waals surface area contributed by atoms with Gasteiger partial charge in [-0.05, 0) is 30.4 Å². The van der Waals surface area contributed by atoms with Crippen LogP contribution in [0.2, 0.25) is 0 Å². The molecule has 0 aliphatic heterocycles. The normalized spacial score (nSPS) is 18.7. The van der Waals surface area contributed by atoms with Crippen molar-refractivity contribution in [2.75, 3.05) is 13.2 Å². The van der Waals surface area contributed by atoms with Gasteiger partial charge in [-0.3, -0.25) is 0 Å². The van der Waals surface area contributed by atoms with E-state index in [4.69, 9.17) is 5.73 Å². The summed E-state index contributed by atoms with van der Waals surface area (Å²) >= 11 is 0. The van der Waals surface area contributed by atoms with E-state index in [1.54, 1.807) is 6.07 Å². The Morgan fingerprint density at radius 3 is 2.61 bits per heavy atom. The molecule has 18 heavy (non-hydrogen) atoms. The molecule has 1 saturated carbocycles. The number of aliphatic hydroxyl groups is 1. The summed E-state index contributed by atoms with van der Waals surface area (Å²) < 4.78 is 26.8. The summed E-state index contributed by atoms with van der Waals surface area (Å²) in [5.41, 5.74) is 5.54. The van der Waals surface area contributed by atoms with Crippen molar-refractivity contribution in [1.82, 2.24) is 0 Å². The summed E-state index contributed by atoms with van der Waals surface area (Å²) in [5.74, 6) is -1.08. The zero-order chi connectivity index (χ0) is 13.2. The van der Waals surface area contributed by atoms with E-state index in [1.807, 2.05) is 0 Å². The van der Waals surface area contributed by atoms with Gasteiger partial charge in [-0.15, -0.1) is 0 Å². The second-order valence-electron chi connectivity index (χ2n) is 5.40. The van der Waals surface area contributed by atoms with Crippen LogP contribution >= 0.6 is 0 Å². The second-order valence-corrected chi connectivity index (χ2v) is 5.40. The third kappa shape index (κ3) is 2.87. The fraction of sp³-hybridized carbons (Fsp3) is 0.571. The van der Waals surface area contributed by atoms with Gasteiger partial charge in [0, 0.05) is 12.0 Å². The quantitative estimate of drug-likeness (QED) is 0.819. The fourth-order valence-corrected chi connectivity index (χ4v) is 2.44. The van der Waals surface area contributed by atoms with Crippen LogP contribution in [0.1, 0.15) is 24.8 Å². The molecule has 1 aliphatic carbocycles. The molecule has 1 atom stereocenters. The van der Waals surface area contributed by atoms with Crippen molar-refractivity contribution in [2.45, 2.75) is 25.7 Å². The van der Waals surface area contributed by atoms with E-state index >= 15 is 0 Å². The Hall–Kier alpha value is -1.00. The van der Waals surface area contributed by atoms with Gasteiger partial charge in [-0.1, -0.05) is 25.0 Å². The van der Waals surface area contributed by atoms with Crippen LogP contribution in [0, 0.1) is 23.0 Å². The van der Waals surface area contributed by atoms with Crippen molar-refractivity contribution in [1.29, 1.82) is 0 Å². The monoisotopic (exact) mass is 255 g/mol. The van der Waals surface area contributed by atoms with Crippen LogP contribution in [0.15, 0.2) is 18.2 Å². The van der Waals surface area contributed by atoms with Gasteiger partial charge >= 0.3 is 0 Å². The number of aliphatic hydroxyl groups excluding tert-OH is 1. The molecule has 0 bridgehead atoms. The Balaban J connectivity index is 2.19. The Morgan fingerprint density at radius 1 is 1.33 bits per heavy atom. The van der Waals surface area contributed by atoms with E-state index in [0.29, 0.717) is 17.9 Å². The van der Waals surface area contributed by atoms with Gasteiger partial charge in [-0.25, -0.2) is 8.78 Å². The molecule has 2 rings (SSSR count). The van der Waals surface area contributed by atoms with E-state index in [0.717, 1.165) is 25.3 Å². The zero-order valence-corrected chi connectivity index (χ0v) is 10.3. The minimum absolute atomic E-state index is 0.0873. The predicted molar refractivity (Wildman–Crippen MR) is 66.0 cm³/mol. The first-order valence-corrected chi connectivity index (χ1v) is 6.34. The maximum atomic E-state index is 13.7. The summed E-state index contributed by atoms with van der Waals surface area (Å²) in [4.78, 5) is 0. The minimum Gasteiger partial charge on any atom is -0.396 e. The number of nitrogens with two attached hydrogens (primary N) is 1. The molecule has 1 aromatic carbocycles. The van der Waals surface area contributed by atoms with Crippen molar-refractivity contribution in [3.63, 3.8) is 0 Å². The van der Waals surface area contributed by atoms with Gasteiger partial charge in [0.2, 0.25) is 0 Å². The van der Waals surface area contributed by atoms with E-state index in [1.165, 1.54) is 6.07 Å². The van der Waals surface area contributed by atoms with Crippen LogP contribution in [0.5, 0.6) is 0 Å². The Kier molecular flexibility index (Phi) is 3.97. The van der Waals surface area contributed by atoms with Crippen LogP contribution in [-0.2, 0) is 6.42 Å². The van der Waals surface area contributed by atoms with E-state index in [9.17, 15) is 13.9 Å². The SMILES string of the molecule is NCC(CO)(Cc1cccc(F)c1F)CC1CC1. The van der Waals surface area contributed by atoms with Crippen LogP contribution in [0.25, 0.3) is 0 Å². The highest BCUT2D eigenvalue weighted by molar-refractivity contribution is 5.21. The summed E-state index contributed by atoms with van der Waals surface area (Å²) in [6.45, 7) is 0.200. The van der Waals surface area contributed by atoms with Gasteiger partial charge in [0.1, 0.15) is 0 Å². The summed E-state index contributed by atoms with van der Waals surface area (Å²) in [6.07, 6.45) is 3.37. The lowest BCUT2D eigenvalue weighted by Crippen LogP contribution is -2.37. The summed E-state index contributed by atoms with van der Waals surface area (Å²) in [7, 11) is 0. The standard InChI is InChI=1S/C14H19F2NO/c15-12-3-1-2-11(13(12)16)7-14(8-17,9-18)6-10-4-5-10/h1-3,10,18H,4-9,17H2. The second kappa shape index (κ2) is 5.33. The lowest BCUT2D eigenvalue weighted by molar-refractivity contribution is 0.114. The van der Waals surface area contributed by atoms with E-state index in [-0.39, 0.29) is 13.2 Å². The number of hydrogen-bond donors (Lipinski definition) is 2. The number of rotatable bonds is 6. The largest absolute Gasteiger partial charge is 0.396 e. The molecule has 2 nitrogen and oxygen atoms in total. The van der Waals surface area contributed by atoms with E-state index < -0.39 is 17.0 Å². The molecule has 0 amide bonds. The van der Waals surface area contributed by atoms with Gasteiger partial charge < -0.3 is 10.8 Å². The Bertz CT molecular complexity index is 414. The van der Waals surface area contributed by atoms with Crippen LogP contribution in [0.3, 0.4) is 0 Å². The topological polar surface area (TPSA) is 46.2 Å².